The molecule has 0 bridgehead atoms. The zero-order chi connectivity index (χ0) is 9.84. The summed E-state index contributed by atoms with van der Waals surface area (Å²) in [6.45, 7) is 9.19. The first-order valence-corrected chi connectivity index (χ1v) is 4.63. The number of anilines is 1. The summed E-state index contributed by atoms with van der Waals surface area (Å²) in [5.41, 5.74) is 3.63. The van der Waals surface area contributed by atoms with Crippen molar-refractivity contribution in [2.75, 3.05) is 18.5 Å². The normalized spacial score (nSPS) is 9.77. The molecule has 1 heteroatoms. The Hall–Kier alpha value is -1.24. The zero-order valence-corrected chi connectivity index (χ0v) is 8.67. The molecule has 0 atom stereocenters. The van der Waals surface area contributed by atoms with Crippen LogP contribution in [0.2, 0.25) is 0 Å². The standard InChI is InChI=1S/C12H17N/c1-5-13(4)12-9-7-6-8-11(12)10(2)3/h6-9H,2,5H2,1,3-4H3. The van der Waals surface area contributed by atoms with Gasteiger partial charge in [0.1, 0.15) is 0 Å². The third kappa shape index (κ3) is 2.11. The maximum atomic E-state index is 3.98. The minimum Gasteiger partial charge on any atom is -0.374 e. The molecule has 1 aromatic rings. The minimum absolute atomic E-state index is 1.02. The first kappa shape index (κ1) is 9.85. The highest BCUT2D eigenvalue weighted by Crippen LogP contribution is 2.24. The van der Waals surface area contributed by atoms with Crippen LogP contribution in [0, 0.1) is 0 Å². The predicted octanol–water partition coefficient (Wildman–Crippen LogP) is 3.18. The smallest absolute Gasteiger partial charge is 0.0439 e. The summed E-state index contributed by atoms with van der Waals surface area (Å²) in [6, 6.07) is 8.36. The van der Waals surface area contributed by atoms with E-state index in [2.05, 4.69) is 49.7 Å². The summed E-state index contributed by atoms with van der Waals surface area (Å²) in [4.78, 5) is 2.23. The third-order valence-electron chi connectivity index (χ3n) is 2.25. The van der Waals surface area contributed by atoms with Crippen molar-refractivity contribution in [3.63, 3.8) is 0 Å². The highest BCUT2D eigenvalue weighted by molar-refractivity contribution is 5.74. The Morgan fingerprint density at radius 3 is 2.54 bits per heavy atom. The summed E-state index contributed by atoms with van der Waals surface area (Å²) in [5.74, 6) is 0. The van der Waals surface area contributed by atoms with E-state index in [1.165, 1.54) is 11.3 Å². The monoisotopic (exact) mass is 175 g/mol. The molecule has 0 heterocycles. The Morgan fingerprint density at radius 1 is 1.38 bits per heavy atom. The van der Waals surface area contributed by atoms with Crippen molar-refractivity contribution < 1.29 is 0 Å². The van der Waals surface area contributed by atoms with Crippen molar-refractivity contribution in [3.8, 4) is 0 Å². The first-order chi connectivity index (χ1) is 6.16. The molecule has 1 nitrogen and oxygen atoms in total. The van der Waals surface area contributed by atoms with E-state index in [9.17, 15) is 0 Å². The molecule has 0 aliphatic carbocycles. The van der Waals surface area contributed by atoms with Gasteiger partial charge in [0.05, 0.1) is 0 Å². The van der Waals surface area contributed by atoms with Gasteiger partial charge < -0.3 is 4.90 Å². The second kappa shape index (κ2) is 4.13. The predicted molar refractivity (Wildman–Crippen MR) is 60.1 cm³/mol. The molecular formula is C12H17N. The Labute approximate surface area is 80.7 Å². The lowest BCUT2D eigenvalue weighted by Crippen LogP contribution is -2.16. The maximum absolute atomic E-state index is 3.98. The summed E-state index contributed by atoms with van der Waals surface area (Å²) in [6.07, 6.45) is 0. The van der Waals surface area contributed by atoms with Crippen LogP contribution < -0.4 is 4.90 Å². The van der Waals surface area contributed by atoms with Gasteiger partial charge in [-0.1, -0.05) is 24.8 Å². The summed E-state index contributed by atoms with van der Waals surface area (Å²) in [5, 5.41) is 0. The lowest BCUT2D eigenvalue weighted by molar-refractivity contribution is 0.965. The summed E-state index contributed by atoms with van der Waals surface area (Å²) in [7, 11) is 2.10. The molecular weight excluding hydrogens is 158 g/mol. The van der Waals surface area contributed by atoms with Gasteiger partial charge in [-0.25, -0.2) is 0 Å². The topological polar surface area (TPSA) is 3.24 Å². The summed E-state index contributed by atoms with van der Waals surface area (Å²) >= 11 is 0. The molecule has 0 unspecified atom stereocenters. The molecule has 1 aromatic carbocycles. The number of hydrogen-bond acceptors (Lipinski definition) is 1. The van der Waals surface area contributed by atoms with Gasteiger partial charge in [0.2, 0.25) is 0 Å². The van der Waals surface area contributed by atoms with Crippen LogP contribution in [0.1, 0.15) is 19.4 Å². The SMILES string of the molecule is C=C(C)c1ccccc1N(C)CC. The van der Waals surface area contributed by atoms with Crippen LogP contribution in [0.3, 0.4) is 0 Å². The van der Waals surface area contributed by atoms with Crippen molar-refractivity contribution in [2.45, 2.75) is 13.8 Å². The van der Waals surface area contributed by atoms with Gasteiger partial charge in [0, 0.05) is 24.8 Å². The van der Waals surface area contributed by atoms with Gasteiger partial charge >= 0.3 is 0 Å². The largest absolute Gasteiger partial charge is 0.374 e. The van der Waals surface area contributed by atoms with E-state index in [1.807, 2.05) is 6.92 Å². The van der Waals surface area contributed by atoms with E-state index in [0.717, 1.165) is 12.1 Å². The van der Waals surface area contributed by atoms with E-state index in [1.54, 1.807) is 0 Å². The van der Waals surface area contributed by atoms with Crippen molar-refractivity contribution in [1.29, 1.82) is 0 Å². The van der Waals surface area contributed by atoms with Gasteiger partial charge in [0.25, 0.3) is 0 Å². The van der Waals surface area contributed by atoms with Crippen LogP contribution >= 0.6 is 0 Å². The number of nitrogens with zero attached hydrogens (tertiary/aromatic N) is 1. The molecule has 0 aliphatic rings. The zero-order valence-electron chi connectivity index (χ0n) is 8.67. The van der Waals surface area contributed by atoms with Crippen molar-refractivity contribution in [3.05, 3.63) is 36.4 Å². The molecule has 0 fully saturated rings. The average Bonchev–Trinajstić information content (AvgIpc) is 2.16. The number of hydrogen-bond donors (Lipinski definition) is 0. The molecule has 70 valence electrons. The molecule has 1 rings (SSSR count). The maximum Gasteiger partial charge on any atom is 0.0439 e. The Bertz CT molecular complexity index is 302. The number of para-hydroxylation sites is 1. The third-order valence-corrected chi connectivity index (χ3v) is 2.25. The molecule has 0 saturated heterocycles. The van der Waals surface area contributed by atoms with Crippen molar-refractivity contribution >= 4 is 11.3 Å². The fourth-order valence-corrected chi connectivity index (χ4v) is 1.34. The first-order valence-electron chi connectivity index (χ1n) is 4.63. The molecule has 0 aromatic heterocycles. The Kier molecular flexibility index (Phi) is 3.13. The Morgan fingerprint density at radius 2 is 2.00 bits per heavy atom. The second-order valence-corrected chi connectivity index (χ2v) is 3.31. The van der Waals surface area contributed by atoms with Crippen LogP contribution in [0.25, 0.3) is 5.57 Å². The molecule has 0 radical (unpaired) electrons. The highest BCUT2D eigenvalue weighted by atomic mass is 15.1. The molecule has 13 heavy (non-hydrogen) atoms. The van der Waals surface area contributed by atoms with E-state index in [4.69, 9.17) is 0 Å². The lowest BCUT2D eigenvalue weighted by atomic mass is 10.1. The van der Waals surface area contributed by atoms with Crippen LogP contribution in [0.5, 0.6) is 0 Å². The Balaban J connectivity index is 3.11. The van der Waals surface area contributed by atoms with Crippen molar-refractivity contribution in [2.24, 2.45) is 0 Å². The van der Waals surface area contributed by atoms with Gasteiger partial charge in [-0.3, -0.25) is 0 Å². The lowest BCUT2D eigenvalue weighted by Gasteiger charge is -2.20. The molecule has 0 aliphatic heterocycles. The van der Waals surface area contributed by atoms with Crippen LogP contribution in [0.4, 0.5) is 5.69 Å². The van der Waals surface area contributed by atoms with E-state index >= 15 is 0 Å². The average molecular weight is 175 g/mol. The quantitative estimate of drug-likeness (QED) is 0.682. The summed E-state index contributed by atoms with van der Waals surface area (Å²) < 4.78 is 0. The molecule has 0 N–H and O–H groups in total. The van der Waals surface area contributed by atoms with Crippen LogP contribution in [-0.2, 0) is 0 Å². The van der Waals surface area contributed by atoms with E-state index in [0.29, 0.717) is 0 Å². The number of allylic oxidation sites excluding steroid dienone is 1. The second-order valence-electron chi connectivity index (χ2n) is 3.31. The molecule has 0 spiro atoms. The van der Waals surface area contributed by atoms with E-state index < -0.39 is 0 Å². The highest BCUT2D eigenvalue weighted by Gasteiger charge is 2.04. The van der Waals surface area contributed by atoms with Gasteiger partial charge in [-0.2, -0.15) is 0 Å². The number of benzene rings is 1. The minimum atomic E-state index is 1.02. The fraction of sp³-hybridized carbons (Fsp3) is 0.333. The van der Waals surface area contributed by atoms with Gasteiger partial charge in [0.15, 0.2) is 0 Å². The fourth-order valence-electron chi connectivity index (χ4n) is 1.34. The molecule has 0 saturated carbocycles. The van der Waals surface area contributed by atoms with E-state index in [-0.39, 0.29) is 0 Å². The van der Waals surface area contributed by atoms with Crippen molar-refractivity contribution in [1.82, 2.24) is 0 Å². The van der Waals surface area contributed by atoms with Gasteiger partial charge in [-0.15, -0.1) is 0 Å². The number of rotatable bonds is 3. The van der Waals surface area contributed by atoms with Crippen LogP contribution in [-0.4, -0.2) is 13.6 Å². The molecule has 0 amide bonds. The van der Waals surface area contributed by atoms with Gasteiger partial charge in [-0.05, 0) is 25.5 Å². The van der Waals surface area contributed by atoms with Crippen LogP contribution in [0.15, 0.2) is 30.8 Å².